The summed E-state index contributed by atoms with van der Waals surface area (Å²) in [7, 11) is 0. The fourth-order valence-electron chi connectivity index (χ4n) is 2.89. The maximum absolute atomic E-state index is 13.0. The summed E-state index contributed by atoms with van der Waals surface area (Å²) in [6, 6.07) is 13.4. The second-order valence-corrected chi connectivity index (χ2v) is 6.57. The first-order valence-electron chi connectivity index (χ1n) is 7.72. The number of benzene rings is 1. The summed E-state index contributed by atoms with van der Waals surface area (Å²) in [4.78, 5) is 31.9. The molecule has 1 N–H and O–H groups in total. The summed E-state index contributed by atoms with van der Waals surface area (Å²) in [5.74, 6) is -0.243. The number of carbonyl (C=O) groups is 2. The van der Waals surface area contributed by atoms with Gasteiger partial charge >= 0.3 is 0 Å². The number of amides is 2. The topological polar surface area (TPSA) is 62.3 Å². The van der Waals surface area contributed by atoms with Crippen LogP contribution in [0.4, 0.5) is 0 Å². The lowest BCUT2D eigenvalue weighted by Gasteiger charge is -2.27. The molecule has 0 saturated carbocycles. The molecule has 3 heterocycles. The molecule has 1 saturated heterocycles. The largest absolute Gasteiger partial charge is 0.353 e. The number of rotatable bonds is 2. The number of pyridine rings is 1. The van der Waals surface area contributed by atoms with Crippen LogP contribution in [0.2, 0.25) is 0 Å². The van der Waals surface area contributed by atoms with Gasteiger partial charge in [-0.2, -0.15) is 0 Å². The number of hydrogen-bond donors (Lipinski definition) is 1. The number of nitrogens with one attached hydrogen (secondary N) is 1. The van der Waals surface area contributed by atoms with Crippen LogP contribution in [0.25, 0.3) is 21.5 Å². The molecule has 1 aliphatic rings. The highest BCUT2D eigenvalue weighted by atomic mass is 32.1. The van der Waals surface area contributed by atoms with Crippen molar-refractivity contribution in [3.8, 4) is 10.6 Å². The number of nitrogens with zero attached hydrogens (tertiary/aromatic N) is 2. The van der Waals surface area contributed by atoms with Crippen LogP contribution in [0, 0.1) is 0 Å². The second kappa shape index (κ2) is 6.05. The summed E-state index contributed by atoms with van der Waals surface area (Å²) in [5, 5.41) is 5.55. The van der Waals surface area contributed by atoms with Gasteiger partial charge in [0.25, 0.3) is 5.91 Å². The van der Waals surface area contributed by atoms with Crippen molar-refractivity contribution in [2.75, 3.05) is 19.6 Å². The van der Waals surface area contributed by atoms with Gasteiger partial charge in [-0.05, 0) is 23.6 Å². The Labute approximate surface area is 142 Å². The zero-order valence-corrected chi connectivity index (χ0v) is 13.7. The minimum atomic E-state index is -0.124. The number of hydrogen-bond acceptors (Lipinski definition) is 4. The van der Waals surface area contributed by atoms with E-state index in [2.05, 4.69) is 10.3 Å². The summed E-state index contributed by atoms with van der Waals surface area (Å²) in [6.45, 7) is 1.12. The molecule has 24 heavy (non-hydrogen) atoms. The first-order chi connectivity index (χ1) is 11.7. The highest BCUT2D eigenvalue weighted by Gasteiger charge is 2.24. The van der Waals surface area contributed by atoms with Gasteiger partial charge < -0.3 is 10.2 Å². The number of fused-ring (bicyclic) bond motifs is 1. The first-order valence-corrected chi connectivity index (χ1v) is 8.60. The van der Waals surface area contributed by atoms with Crippen LogP contribution in [0.1, 0.15) is 10.4 Å². The van der Waals surface area contributed by atoms with Crippen molar-refractivity contribution in [1.82, 2.24) is 15.2 Å². The van der Waals surface area contributed by atoms with E-state index in [0.29, 0.717) is 18.7 Å². The fraction of sp³-hybridized carbons (Fsp3) is 0.167. The maximum Gasteiger partial charge on any atom is 0.255 e. The lowest BCUT2D eigenvalue weighted by atomic mass is 10.1. The van der Waals surface area contributed by atoms with E-state index in [1.807, 2.05) is 47.8 Å². The van der Waals surface area contributed by atoms with E-state index in [1.165, 1.54) is 0 Å². The highest BCUT2D eigenvalue weighted by molar-refractivity contribution is 7.13. The molecule has 1 aromatic carbocycles. The van der Waals surface area contributed by atoms with E-state index in [0.717, 1.165) is 21.5 Å². The van der Waals surface area contributed by atoms with Crippen molar-refractivity contribution in [1.29, 1.82) is 0 Å². The quantitative estimate of drug-likeness (QED) is 0.782. The highest BCUT2D eigenvalue weighted by Crippen LogP contribution is 2.28. The molecule has 120 valence electrons. The number of aromatic nitrogens is 1. The Hall–Kier alpha value is -2.73. The van der Waals surface area contributed by atoms with Crippen molar-refractivity contribution < 1.29 is 9.59 Å². The fourth-order valence-corrected chi connectivity index (χ4v) is 3.57. The van der Waals surface area contributed by atoms with Gasteiger partial charge in [0.2, 0.25) is 5.91 Å². The van der Waals surface area contributed by atoms with Gasteiger partial charge in [0.15, 0.2) is 0 Å². The van der Waals surface area contributed by atoms with Crippen molar-refractivity contribution in [3.63, 3.8) is 0 Å². The summed E-state index contributed by atoms with van der Waals surface area (Å²) >= 11 is 1.59. The third-order valence-corrected chi connectivity index (χ3v) is 4.94. The van der Waals surface area contributed by atoms with Gasteiger partial charge in [-0.25, -0.2) is 4.98 Å². The van der Waals surface area contributed by atoms with Crippen LogP contribution in [0.15, 0.2) is 47.8 Å². The normalized spacial score (nSPS) is 14.7. The van der Waals surface area contributed by atoms with Gasteiger partial charge in [-0.15, -0.1) is 11.3 Å². The molecule has 0 radical (unpaired) electrons. The van der Waals surface area contributed by atoms with Crippen LogP contribution in [-0.4, -0.2) is 41.3 Å². The summed E-state index contributed by atoms with van der Waals surface area (Å²) in [6.07, 6.45) is 0. The van der Waals surface area contributed by atoms with Crippen LogP contribution in [0.5, 0.6) is 0 Å². The van der Waals surface area contributed by atoms with Gasteiger partial charge in [-0.3, -0.25) is 9.59 Å². The number of carbonyl (C=O) groups excluding carboxylic acids is 2. The lowest BCUT2D eigenvalue weighted by Crippen LogP contribution is -2.50. The van der Waals surface area contributed by atoms with Crippen LogP contribution >= 0.6 is 11.3 Å². The van der Waals surface area contributed by atoms with E-state index in [9.17, 15) is 9.59 Å². The zero-order chi connectivity index (χ0) is 16.5. The molecule has 0 aliphatic carbocycles. The predicted molar refractivity (Wildman–Crippen MR) is 94.0 cm³/mol. The van der Waals surface area contributed by atoms with Crippen molar-refractivity contribution in [2.45, 2.75) is 0 Å². The third kappa shape index (κ3) is 2.65. The number of para-hydroxylation sites is 1. The van der Waals surface area contributed by atoms with Crippen LogP contribution in [0.3, 0.4) is 0 Å². The Balaban J connectivity index is 1.83. The minimum Gasteiger partial charge on any atom is -0.353 e. The number of piperazine rings is 1. The van der Waals surface area contributed by atoms with E-state index in [-0.39, 0.29) is 18.4 Å². The van der Waals surface area contributed by atoms with Gasteiger partial charge in [0.05, 0.1) is 28.2 Å². The van der Waals surface area contributed by atoms with E-state index in [1.54, 1.807) is 16.2 Å². The standard InChI is InChI=1S/C18H15N3O2S/c22-17-11-21(8-7-19-17)18(23)13-10-15(16-6-3-9-24-16)20-14-5-2-1-4-12(13)14/h1-6,9-10H,7-8,11H2,(H,19,22). The molecule has 0 unspecified atom stereocenters. The van der Waals surface area contributed by atoms with E-state index >= 15 is 0 Å². The Morgan fingerprint density at radius 3 is 2.88 bits per heavy atom. The van der Waals surface area contributed by atoms with Crippen LogP contribution in [-0.2, 0) is 4.79 Å². The molecule has 4 rings (SSSR count). The molecule has 5 nitrogen and oxygen atoms in total. The van der Waals surface area contributed by atoms with Crippen molar-refractivity contribution in [2.24, 2.45) is 0 Å². The molecule has 0 atom stereocenters. The van der Waals surface area contributed by atoms with E-state index in [4.69, 9.17) is 0 Å². The Morgan fingerprint density at radius 2 is 2.08 bits per heavy atom. The number of thiophene rings is 1. The molecular weight excluding hydrogens is 322 g/mol. The van der Waals surface area contributed by atoms with Crippen molar-refractivity contribution >= 4 is 34.1 Å². The maximum atomic E-state index is 13.0. The Kier molecular flexibility index (Phi) is 3.74. The van der Waals surface area contributed by atoms with Gasteiger partial charge in [0, 0.05) is 18.5 Å². The smallest absolute Gasteiger partial charge is 0.255 e. The van der Waals surface area contributed by atoms with Crippen molar-refractivity contribution in [3.05, 3.63) is 53.4 Å². The molecule has 0 spiro atoms. The summed E-state index contributed by atoms with van der Waals surface area (Å²) < 4.78 is 0. The summed E-state index contributed by atoms with van der Waals surface area (Å²) in [5.41, 5.74) is 2.17. The Morgan fingerprint density at radius 1 is 1.21 bits per heavy atom. The second-order valence-electron chi connectivity index (χ2n) is 5.63. The first kappa shape index (κ1) is 14.8. The monoisotopic (exact) mass is 337 g/mol. The predicted octanol–water partition coefficient (Wildman–Crippen LogP) is 2.54. The molecule has 6 heteroatoms. The molecule has 2 amide bonds. The zero-order valence-electron chi connectivity index (χ0n) is 12.9. The lowest BCUT2D eigenvalue weighted by molar-refractivity contribution is -0.123. The van der Waals surface area contributed by atoms with Crippen LogP contribution < -0.4 is 5.32 Å². The SMILES string of the molecule is O=C1CN(C(=O)c2cc(-c3cccs3)nc3ccccc23)CCN1. The average Bonchev–Trinajstić information content (AvgIpc) is 3.15. The van der Waals surface area contributed by atoms with E-state index < -0.39 is 0 Å². The molecule has 0 bridgehead atoms. The third-order valence-electron chi connectivity index (χ3n) is 4.05. The molecule has 3 aromatic rings. The minimum absolute atomic E-state index is 0.101. The molecule has 2 aromatic heterocycles. The molecule has 1 fully saturated rings. The molecular formula is C18H15N3O2S. The molecule has 1 aliphatic heterocycles. The van der Waals surface area contributed by atoms with Gasteiger partial charge in [0.1, 0.15) is 0 Å². The van der Waals surface area contributed by atoms with Gasteiger partial charge in [-0.1, -0.05) is 24.3 Å². The average molecular weight is 337 g/mol. The Bertz CT molecular complexity index is 921.